The molecule has 0 saturated heterocycles. The summed E-state index contributed by atoms with van der Waals surface area (Å²) in [6, 6.07) is 0. The SMILES string of the molecule is CC1(C)CCC2CC=CCC2(C)C1[O-]. The highest BCUT2D eigenvalue weighted by molar-refractivity contribution is 5.08. The first-order chi connectivity index (χ1) is 6.47. The number of fused-ring (bicyclic) bond motifs is 1. The molecular formula is C13H21O-. The Hall–Kier alpha value is -0.300. The van der Waals surface area contributed by atoms with Gasteiger partial charge in [0, 0.05) is 0 Å². The maximum absolute atomic E-state index is 12.5. The van der Waals surface area contributed by atoms with Gasteiger partial charge in [-0.2, -0.15) is 0 Å². The molecule has 14 heavy (non-hydrogen) atoms. The lowest BCUT2D eigenvalue weighted by Gasteiger charge is -2.60. The molecule has 0 aromatic heterocycles. The van der Waals surface area contributed by atoms with E-state index in [-0.39, 0.29) is 10.8 Å². The van der Waals surface area contributed by atoms with Crippen molar-refractivity contribution in [2.75, 3.05) is 0 Å². The number of rotatable bonds is 0. The molecule has 0 heterocycles. The van der Waals surface area contributed by atoms with Gasteiger partial charge in [-0.25, -0.2) is 0 Å². The van der Waals surface area contributed by atoms with Crippen molar-refractivity contribution in [2.24, 2.45) is 16.7 Å². The normalized spacial score (nSPS) is 46.0. The van der Waals surface area contributed by atoms with Crippen LogP contribution in [0.5, 0.6) is 0 Å². The molecule has 2 aliphatic carbocycles. The fourth-order valence-corrected chi connectivity index (χ4v) is 3.37. The highest BCUT2D eigenvalue weighted by Gasteiger charge is 2.45. The molecule has 1 fully saturated rings. The minimum absolute atomic E-state index is 0.00354. The second-order valence-electron chi connectivity index (χ2n) is 6.02. The average Bonchev–Trinajstić information content (AvgIpc) is 2.14. The standard InChI is InChI=1S/C13H21O/c1-12(2)9-7-10-6-4-5-8-13(10,3)11(12)14/h4-5,10-11H,6-9H2,1-3H3/q-1. The predicted octanol–water partition coefficient (Wildman–Crippen LogP) is 2.51. The molecule has 0 radical (unpaired) electrons. The van der Waals surface area contributed by atoms with Crippen LogP contribution in [0.3, 0.4) is 0 Å². The van der Waals surface area contributed by atoms with E-state index in [0.717, 1.165) is 19.3 Å². The first-order valence-electron chi connectivity index (χ1n) is 5.78. The van der Waals surface area contributed by atoms with E-state index >= 15 is 0 Å². The average molecular weight is 193 g/mol. The van der Waals surface area contributed by atoms with Gasteiger partial charge in [-0.3, -0.25) is 0 Å². The van der Waals surface area contributed by atoms with Crippen molar-refractivity contribution < 1.29 is 5.11 Å². The maximum atomic E-state index is 12.5. The molecule has 1 saturated carbocycles. The summed E-state index contributed by atoms with van der Waals surface area (Å²) in [5, 5.41) is 12.5. The Morgan fingerprint density at radius 3 is 2.64 bits per heavy atom. The molecule has 0 spiro atoms. The van der Waals surface area contributed by atoms with Crippen molar-refractivity contribution in [3.8, 4) is 0 Å². The largest absolute Gasteiger partial charge is 0.851 e. The molecular weight excluding hydrogens is 172 g/mol. The van der Waals surface area contributed by atoms with E-state index in [4.69, 9.17) is 0 Å². The molecule has 3 unspecified atom stereocenters. The van der Waals surface area contributed by atoms with E-state index < -0.39 is 6.10 Å². The Labute approximate surface area is 87.2 Å². The van der Waals surface area contributed by atoms with Crippen LogP contribution >= 0.6 is 0 Å². The van der Waals surface area contributed by atoms with Gasteiger partial charge in [0.05, 0.1) is 0 Å². The van der Waals surface area contributed by atoms with E-state index in [1.807, 2.05) is 0 Å². The zero-order chi connectivity index (χ0) is 10.4. The maximum Gasteiger partial charge on any atom is -0.0304 e. The first kappa shape index (κ1) is 10.2. The van der Waals surface area contributed by atoms with Crippen LogP contribution in [0.25, 0.3) is 0 Å². The Kier molecular flexibility index (Phi) is 2.26. The quantitative estimate of drug-likeness (QED) is 0.542. The van der Waals surface area contributed by atoms with E-state index in [1.54, 1.807) is 0 Å². The topological polar surface area (TPSA) is 23.1 Å². The lowest BCUT2D eigenvalue weighted by molar-refractivity contribution is -0.483. The summed E-state index contributed by atoms with van der Waals surface area (Å²) in [4.78, 5) is 0. The first-order valence-corrected chi connectivity index (χ1v) is 5.78. The minimum Gasteiger partial charge on any atom is -0.851 e. The van der Waals surface area contributed by atoms with Gasteiger partial charge >= 0.3 is 0 Å². The fourth-order valence-electron chi connectivity index (χ4n) is 3.37. The molecule has 80 valence electrons. The highest BCUT2D eigenvalue weighted by Crippen LogP contribution is 2.53. The summed E-state index contributed by atoms with van der Waals surface area (Å²) in [6.45, 7) is 6.49. The van der Waals surface area contributed by atoms with Crippen LogP contribution in [0.1, 0.15) is 46.5 Å². The van der Waals surface area contributed by atoms with Crippen LogP contribution in [-0.4, -0.2) is 6.10 Å². The van der Waals surface area contributed by atoms with Crippen LogP contribution in [0.4, 0.5) is 0 Å². The third-order valence-electron chi connectivity index (χ3n) is 4.52. The van der Waals surface area contributed by atoms with Crippen LogP contribution in [0, 0.1) is 16.7 Å². The van der Waals surface area contributed by atoms with Gasteiger partial charge in [-0.15, -0.1) is 6.10 Å². The number of allylic oxidation sites excluding steroid dienone is 2. The van der Waals surface area contributed by atoms with E-state index in [9.17, 15) is 5.11 Å². The molecule has 0 bridgehead atoms. The Morgan fingerprint density at radius 1 is 1.21 bits per heavy atom. The van der Waals surface area contributed by atoms with Crippen LogP contribution in [0.15, 0.2) is 12.2 Å². The lowest BCUT2D eigenvalue weighted by atomic mass is 9.54. The van der Waals surface area contributed by atoms with Gasteiger partial charge in [0.1, 0.15) is 0 Å². The zero-order valence-electron chi connectivity index (χ0n) is 9.55. The highest BCUT2D eigenvalue weighted by atomic mass is 16.3. The Balaban J connectivity index is 2.29. The number of hydrogen-bond acceptors (Lipinski definition) is 1. The van der Waals surface area contributed by atoms with Gasteiger partial charge in [0.15, 0.2) is 0 Å². The van der Waals surface area contributed by atoms with E-state index in [0.29, 0.717) is 5.92 Å². The third kappa shape index (κ3) is 1.33. The van der Waals surface area contributed by atoms with Gasteiger partial charge < -0.3 is 5.11 Å². The van der Waals surface area contributed by atoms with Crippen molar-refractivity contribution in [2.45, 2.75) is 52.6 Å². The molecule has 3 atom stereocenters. The summed E-state index contributed by atoms with van der Waals surface area (Å²) >= 11 is 0. The number of hydrogen-bond donors (Lipinski definition) is 0. The molecule has 0 aromatic carbocycles. The Bertz CT molecular complexity index is 254. The molecule has 1 nitrogen and oxygen atoms in total. The fraction of sp³-hybridized carbons (Fsp3) is 0.846. The van der Waals surface area contributed by atoms with Crippen LogP contribution < -0.4 is 5.11 Å². The third-order valence-corrected chi connectivity index (χ3v) is 4.52. The summed E-state index contributed by atoms with van der Waals surface area (Å²) < 4.78 is 0. The molecule has 0 aromatic rings. The molecule has 0 aliphatic heterocycles. The molecule has 1 heteroatoms. The summed E-state index contributed by atoms with van der Waals surface area (Å²) in [7, 11) is 0. The van der Waals surface area contributed by atoms with Crippen molar-refractivity contribution in [3.63, 3.8) is 0 Å². The van der Waals surface area contributed by atoms with Gasteiger partial charge in [-0.1, -0.05) is 32.9 Å². The molecule has 0 N–H and O–H groups in total. The Morgan fingerprint density at radius 2 is 1.93 bits per heavy atom. The monoisotopic (exact) mass is 193 g/mol. The van der Waals surface area contributed by atoms with Gasteiger partial charge in [0.2, 0.25) is 0 Å². The van der Waals surface area contributed by atoms with E-state index in [1.165, 1.54) is 6.42 Å². The second kappa shape index (κ2) is 3.10. The van der Waals surface area contributed by atoms with Crippen molar-refractivity contribution >= 4 is 0 Å². The van der Waals surface area contributed by atoms with Crippen molar-refractivity contribution in [3.05, 3.63) is 12.2 Å². The van der Waals surface area contributed by atoms with Crippen LogP contribution in [0.2, 0.25) is 0 Å². The van der Waals surface area contributed by atoms with Gasteiger partial charge in [0.25, 0.3) is 0 Å². The zero-order valence-corrected chi connectivity index (χ0v) is 9.55. The molecule has 2 aliphatic rings. The van der Waals surface area contributed by atoms with Crippen LogP contribution in [-0.2, 0) is 0 Å². The summed E-state index contributed by atoms with van der Waals surface area (Å²) in [6.07, 6.45) is 8.56. The summed E-state index contributed by atoms with van der Waals surface area (Å²) in [5.74, 6) is 0.642. The predicted molar refractivity (Wildman–Crippen MR) is 56.8 cm³/mol. The lowest BCUT2D eigenvalue weighted by Crippen LogP contribution is -2.58. The van der Waals surface area contributed by atoms with Gasteiger partial charge in [-0.05, 0) is 42.4 Å². The smallest absolute Gasteiger partial charge is 0.0304 e. The second-order valence-corrected chi connectivity index (χ2v) is 6.02. The molecule has 0 amide bonds. The minimum atomic E-state index is -0.390. The van der Waals surface area contributed by atoms with E-state index in [2.05, 4.69) is 32.9 Å². The van der Waals surface area contributed by atoms with Crippen molar-refractivity contribution in [1.82, 2.24) is 0 Å². The van der Waals surface area contributed by atoms with Crippen molar-refractivity contribution in [1.29, 1.82) is 0 Å². The molecule has 2 rings (SSSR count). The summed E-state index contributed by atoms with van der Waals surface area (Å²) in [5.41, 5.74) is 0.0208.